The SMILES string of the molecule is CNc1cc(-c2nc3ccccc3[nH]2)[nH]n1.O=Cc1ccc(N2CCC(O)C2)cc1. The van der Waals surface area contributed by atoms with Crippen molar-refractivity contribution >= 4 is 28.8 Å². The van der Waals surface area contributed by atoms with E-state index in [2.05, 4.69) is 30.4 Å². The molecule has 1 fully saturated rings. The smallest absolute Gasteiger partial charge is 0.156 e. The molecule has 154 valence electrons. The Hall–Kier alpha value is -3.65. The van der Waals surface area contributed by atoms with Gasteiger partial charge >= 0.3 is 0 Å². The van der Waals surface area contributed by atoms with Gasteiger partial charge in [-0.1, -0.05) is 12.1 Å². The minimum Gasteiger partial charge on any atom is -0.391 e. The fourth-order valence-electron chi connectivity index (χ4n) is 3.39. The molecule has 5 rings (SSSR count). The van der Waals surface area contributed by atoms with Crippen molar-refractivity contribution in [1.82, 2.24) is 20.2 Å². The van der Waals surface area contributed by atoms with Gasteiger partial charge in [-0.3, -0.25) is 9.89 Å². The molecule has 0 aliphatic carbocycles. The predicted molar refractivity (Wildman–Crippen MR) is 118 cm³/mol. The number of carbonyl (C=O) groups is 1. The molecule has 1 aliphatic heterocycles. The maximum atomic E-state index is 10.4. The molecule has 3 heterocycles. The fourth-order valence-corrected chi connectivity index (χ4v) is 3.39. The number of nitrogens with one attached hydrogen (secondary N) is 3. The molecule has 4 N–H and O–H groups in total. The summed E-state index contributed by atoms with van der Waals surface area (Å²) in [6.07, 6.45) is 1.46. The number of benzene rings is 2. The number of rotatable bonds is 4. The predicted octanol–water partition coefficient (Wildman–Crippen LogP) is 3.06. The van der Waals surface area contributed by atoms with Crippen LogP contribution in [0.15, 0.2) is 54.6 Å². The molecular formula is C22H24N6O2. The zero-order valence-electron chi connectivity index (χ0n) is 16.7. The summed E-state index contributed by atoms with van der Waals surface area (Å²) in [5, 5.41) is 19.3. The third kappa shape index (κ3) is 4.33. The molecule has 0 bridgehead atoms. The highest BCUT2D eigenvalue weighted by molar-refractivity contribution is 5.79. The van der Waals surface area contributed by atoms with Gasteiger partial charge in [0.25, 0.3) is 0 Å². The molecule has 1 saturated heterocycles. The Kier molecular flexibility index (Phi) is 5.76. The van der Waals surface area contributed by atoms with Crippen LogP contribution in [-0.2, 0) is 0 Å². The zero-order chi connectivity index (χ0) is 20.9. The third-order valence-electron chi connectivity index (χ3n) is 5.04. The molecule has 2 aromatic heterocycles. The maximum absolute atomic E-state index is 10.4. The monoisotopic (exact) mass is 404 g/mol. The topological polar surface area (TPSA) is 110 Å². The first-order valence-corrected chi connectivity index (χ1v) is 9.83. The minimum atomic E-state index is -0.208. The Morgan fingerprint density at radius 3 is 2.63 bits per heavy atom. The van der Waals surface area contributed by atoms with Gasteiger partial charge in [-0.25, -0.2) is 4.98 Å². The molecule has 30 heavy (non-hydrogen) atoms. The molecule has 0 spiro atoms. The van der Waals surface area contributed by atoms with Crippen molar-refractivity contribution < 1.29 is 9.90 Å². The zero-order valence-corrected chi connectivity index (χ0v) is 16.7. The van der Waals surface area contributed by atoms with Crippen molar-refractivity contribution in [2.75, 3.05) is 30.4 Å². The summed E-state index contributed by atoms with van der Waals surface area (Å²) in [5.74, 6) is 1.60. The van der Waals surface area contributed by atoms with Gasteiger partial charge in [-0.2, -0.15) is 5.10 Å². The van der Waals surface area contributed by atoms with E-state index in [0.29, 0.717) is 12.1 Å². The number of hydrogen-bond donors (Lipinski definition) is 4. The first-order chi connectivity index (χ1) is 14.7. The molecule has 1 aliphatic rings. The fraction of sp³-hybridized carbons (Fsp3) is 0.227. The van der Waals surface area contributed by atoms with Gasteiger partial charge in [-0.15, -0.1) is 0 Å². The van der Waals surface area contributed by atoms with E-state index in [0.717, 1.165) is 53.3 Å². The van der Waals surface area contributed by atoms with E-state index in [1.54, 1.807) is 12.1 Å². The number of H-pyrrole nitrogens is 2. The second-order valence-corrected chi connectivity index (χ2v) is 7.12. The lowest BCUT2D eigenvalue weighted by Crippen LogP contribution is -2.20. The van der Waals surface area contributed by atoms with E-state index < -0.39 is 0 Å². The molecular weight excluding hydrogens is 380 g/mol. The number of aliphatic hydroxyl groups is 1. The number of hydrogen-bond acceptors (Lipinski definition) is 6. The quantitative estimate of drug-likeness (QED) is 0.389. The van der Waals surface area contributed by atoms with Gasteiger partial charge in [0.1, 0.15) is 17.8 Å². The van der Waals surface area contributed by atoms with E-state index in [-0.39, 0.29) is 6.10 Å². The average Bonchev–Trinajstić information content (AvgIpc) is 3.53. The number of aromatic amines is 2. The lowest BCUT2D eigenvalue weighted by Gasteiger charge is -2.17. The lowest BCUT2D eigenvalue weighted by molar-refractivity contribution is 0.112. The van der Waals surface area contributed by atoms with Gasteiger partial charge < -0.3 is 20.3 Å². The number of fused-ring (bicyclic) bond motifs is 1. The molecule has 0 amide bonds. The van der Waals surface area contributed by atoms with Crippen LogP contribution in [0.5, 0.6) is 0 Å². The van der Waals surface area contributed by atoms with Gasteiger partial charge in [-0.05, 0) is 42.8 Å². The Morgan fingerprint density at radius 1 is 1.20 bits per heavy atom. The van der Waals surface area contributed by atoms with E-state index >= 15 is 0 Å². The highest BCUT2D eigenvalue weighted by Gasteiger charge is 2.19. The van der Waals surface area contributed by atoms with Crippen molar-refractivity contribution in [2.45, 2.75) is 12.5 Å². The second-order valence-electron chi connectivity index (χ2n) is 7.12. The molecule has 0 radical (unpaired) electrons. The normalized spacial score (nSPS) is 15.7. The van der Waals surface area contributed by atoms with Crippen LogP contribution in [-0.4, -0.2) is 57.8 Å². The van der Waals surface area contributed by atoms with E-state index in [1.165, 1.54) is 0 Å². The Labute approximate surface area is 174 Å². The molecule has 0 saturated carbocycles. The highest BCUT2D eigenvalue weighted by atomic mass is 16.3. The number of anilines is 2. The van der Waals surface area contributed by atoms with Gasteiger partial charge in [0.05, 0.1) is 17.1 Å². The van der Waals surface area contributed by atoms with Crippen molar-refractivity contribution in [2.24, 2.45) is 0 Å². The van der Waals surface area contributed by atoms with Crippen LogP contribution in [0.2, 0.25) is 0 Å². The first kappa shape index (κ1) is 19.7. The lowest BCUT2D eigenvalue weighted by atomic mass is 10.2. The average molecular weight is 404 g/mol. The summed E-state index contributed by atoms with van der Waals surface area (Å²) >= 11 is 0. The summed E-state index contributed by atoms with van der Waals surface area (Å²) in [4.78, 5) is 20.3. The highest BCUT2D eigenvalue weighted by Crippen LogP contribution is 2.21. The Balaban J connectivity index is 0.000000147. The van der Waals surface area contributed by atoms with E-state index in [9.17, 15) is 9.90 Å². The second kappa shape index (κ2) is 8.79. The Morgan fingerprint density at radius 2 is 2.00 bits per heavy atom. The third-order valence-corrected chi connectivity index (χ3v) is 5.04. The van der Waals surface area contributed by atoms with Gasteiger partial charge in [0.15, 0.2) is 5.82 Å². The largest absolute Gasteiger partial charge is 0.391 e. The molecule has 2 aromatic carbocycles. The molecule has 1 unspecified atom stereocenters. The summed E-state index contributed by atoms with van der Waals surface area (Å²) in [5.41, 5.74) is 4.62. The van der Waals surface area contributed by atoms with Crippen molar-refractivity contribution in [1.29, 1.82) is 0 Å². The number of imidazole rings is 1. The molecule has 4 aromatic rings. The van der Waals surface area contributed by atoms with Crippen molar-refractivity contribution in [3.05, 3.63) is 60.2 Å². The van der Waals surface area contributed by atoms with Crippen LogP contribution < -0.4 is 10.2 Å². The summed E-state index contributed by atoms with van der Waals surface area (Å²) in [6, 6.07) is 17.3. The first-order valence-electron chi connectivity index (χ1n) is 9.83. The molecule has 8 nitrogen and oxygen atoms in total. The number of carbonyl (C=O) groups excluding carboxylic acids is 1. The summed E-state index contributed by atoms with van der Waals surface area (Å²) in [6.45, 7) is 1.59. The standard InChI is InChI=1S/C11H11N5.C11H13NO2/c1-12-10-6-9(15-16-10)11-13-7-4-2-3-5-8(7)14-11;13-8-9-1-3-10(4-2-9)12-6-5-11(14)7-12/h2-6H,1H3,(H,13,14)(H2,12,15,16);1-4,8,11,14H,5-7H2. The molecule has 1 atom stereocenters. The van der Waals surface area contributed by atoms with Crippen molar-refractivity contribution in [3.8, 4) is 11.5 Å². The van der Waals surface area contributed by atoms with Crippen LogP contribution in [0, 0.1) is 0 Å². The Bertz CT molecular complexity index is 1090. The minimum absolute atomic E-state index is 0.208. The number of nitrogens with zero attached hydrogens (tertiary/aromatic N) is 3. The summed E-state index contributed by atoms with van der Waals surface area (Å²) in [7, 11) is 1.83. The number of aromatic nitrogens is 4. The molecule has 8 heteroatoms. The number of aliphatic hydroxyl groups excluding tert-OH is 1. The van der Waals surface area contributed by atoms with E-state index in [4.69, 9.17) is 0 Å². The van der Waals surface area contributed by atoms with Crippen LogP contribution in [0.25, 0.3) is 22.6 Å². The summed E-state index contributed by atoms with van der Waals surface area (Å²) < 4.78 is 0. The van der Waals surface area contributed by atoms with Crippen LogP contribution >= 0.6 is 0 Å². The van der Waals surface area contributed by atoms with Gasteiger partial charge in [0, 0.05) is 37.5 Å². The van der Waals surface area contributed by atoms with Crippen LogP contribution in [0.3, 0.4) is 0 Å². The van der Waals surface area contributed by atoms with E-state index in [1.807, 2.05) is 49.5 Å². The van der Waals surface area contributed by atoms with Crippen LogP contribution in [0.4, 0.5) is 11.5 Å². The number of aldehydes is 1. The maximum Gasteiger partial charge on any atom is 0.156 e. The number of para-hydroxylation sites is 2. The van der Waals surface area contributed by atoms with Crippen molar-refractivity contribution in [3.63, 3.8) is 0 Å². The number of β-amino-alcohol motifs (C(OH)–C–C–N with tert-alkyl or cyclic N) is 1. The van der Waals surface area contributed by atoms with Crippen LogP contribution in [0.1, 0.15) is 16.8 Å². The van der Waals surface area contributed by atoms with Gasteiger partial charge in [0.2, 0.25) is 0 Å².